The van der Waals surface area contributed by atoms with Gasteiger partial charge in [-0.05, 0) is 6.42 Å². The number of oxime groups is 1. The number of hydrogen-bond donors (Lipinski definition) is 2. The number of carboxylic acid groups (broad SMARTS) is 1. The molecule has 0 radical (unpaired) electrons. The molecule has 0 bridgehead atoms. The van der Waals surface area contributed by atoms with Crippen LogP contribution in [-0.2, 0) is 4.79 Å². The fraction of sp³-hybridized carbons (Fsp3) is 0.667. The number of rotatable bonds is 4. The Hall–Kier alpha value is -1.06. The minimum atomic E-state index is -0.957. The highest BCUT2D eigenvalue weighted by molar-refractivity contribution is 5.97. The smallest absolute Gasteiger partial charge is 0.309 e. The van der Waals surface area contributed by atoms with Crippen molar-refractivity contribution in [1.29, 1.82) is 0 Å². The molecule has 0 heterocycles. The Morgan fingerprint density at radius 1 is 1.60 bits per heavy atom. The molecule has 0 spiro atoms. The van der Waals surface area contributed by atoms with Crippen LogP contribution >= 0.6 is 0 Å². The van der Waals surface area contributed by atoms with Gasteiger partial charge < -0.3 is 10.3 Å². The van der Waals surface area contributed by atoms with Gasteiger partial charge in [0.2, 0.25) is 0 Å². The summed E-state index contributed by atoms with van der Waals surface area (Å²) in [7, 11) is 0. The van der Waals surface area contributed by atoms with Crippen LogP contribution in [0.25, 0.3) is 0 Å². The van der Waals surface area contributed by atoms with Crippen molar-refractivity contribution in [2.24, 2.45) is 5.16 Å². The molecule has 2 N–H and O–H groups in total. The lowest BCUT2D eigenvalue weighted by Crippen LogP contribution is -2.06. The van der Waals surface area contributed by atoms with Crippen LogP contribution in [0.15, 0.2) is 5.16 Å². The molecule has 0 amide bonds. The van der Waals surface area contributed by atoms with E-state index in [-0.39, 0.29) is 6.42 Å². The summed E-state index contributed by atoms with van der Waals surface area (Å²) in [4.78, 5) is 10.1. The van der Waals surface area contributed by atoms with Crippen molar-refractivity contribution in [2.75, 3.05) is 0 Å². The first kappa shape index (κ1) is 8.94. The molecular formula is C6H11NO3. The first-order valence-electron chi connectivity index (χ1n) is 3.12. The van der Waals surface area contributed by atoms with Gasteiger partial charge in [-0.3, -0.25) is 4.79 Å². The lowest BCUT2D eigenvalue weighted by Gasteiger charge is -1.95. The minimum absolute atomic E-state index is 0.162. The Balaban J connectivity index is 3.73. The van der Waals surface area contributed by atoms with E-state index in [1.807, 2.05) is 6.92 Å². The average Bonchev–Trinajstić information content (AvgIpc) is 1.86. The third kappa shape index (κ3) is 3.88. The summed E-state index contributed by atoms with van der Waals surface area (Å²) in [6.45, 7) is 1.90. The Morgan fingerprint density at radius 3 is 2.50 bits per heavy atom. The van der Waals surface area contributed by atoms with E-state index in [2.05, 4.69) is 5.16 Å². The van der Waals surface area contributed by atoms with Crippen molar-refractivity contribution < 1.29 is 15.1 Å². The van der Waals surface area contributed by atoms with Crippen LogP contribution < -0.4 is 0 Å². The van der Waals surface area contributed by atoms with Gasteiger partial charge in [0.25, 0.3) is 0 Å². The normalized spacial score (nSPS) is 11.5. The zero-order chi connectivity index (χ0) is 7.98. The highest BCUT2D eigenvalue weighted by Crippen LogP contribution is 1.96. The molecule has 0 saturated carbocycles. The van der Waals surface area contributed by atoms with E-state index in [9.17, 15) is 4.79 Å². The summed E-state index contributed by atoms with van der Waals surface area (Å²) in [6, 6.07) is 0. The summed E-state index contributed by atoms with van der Waals surface area (Å²) in [5, 5.41) is 19.3. The molecule has 0 aromatic heterocycles. The third-order valence-corrected chi connectivity index (χ3v) is 1.04. The van der Waals surface area contributed by atoms with Crippen LogP contribution in [-0.4, -0.2) is 22.0 Å². The Bertz CT molecular complexity index is 142. The highest BCUT2D eigenvalue weighted by Gasteiger charge is 2.03. The first-order valence-corrected chi connectivity index (χ1v) is 3.12. The quantitative estimate of drug-likeness (QED) is 0.353. The number of carboxylic acids is 1. The second kappa shape index (κ2) is 4.78. The van der Waals surface area contributed by atoms with Gasteiger partial charge in [-0.15, -0.1) is 0 Å². The van der Waals surface area contributed by atoms with Crippen molar-refractivity contribution in [3.05, 3.63) is 0 Å². The zero-order valence-corrected chi connectivity index (χ0v) is 5.87. The van der Waals surface area contributed by atoms with Crippen LogP contribution in [0.3, 0.4) is 0 Å². The highest BCUT2D eigenvalue weighted by atomic mass is 16.4. The van der Waals surface area contributed by atoms with Crippen molar-refractivity contribution in [3.63, 3.8) is 0 Å². The van der Waals surface area contributed by atoms with E-state index in [4.69, 9.17) is 10.3 Å². The predicted molar refractivity (Wildman–Crippen MR) is 36.4 cm³/mol. The number of nitrogens with zero attached hydrogens (tertiary/aromatic N) is 1. The average molecular weight is 145 g/mol. The summed E-state index contributed by atoms with van der Waals surface area (Å²) >= 11 is 0. The molecule has 0 rings (SSSR count). The second-order valence-electron chi connectivity index (χ2n) is 1.99. The molecular weight excluding hydrogens is 134 g/mol. The minimum Gasteiger partial charge on any atom is -0.481 e. The van der Waals surface area contributed by atoms with E-state index in [0.29, 0.717) is 12.1 Å². The molecule has 0 aliphatic carbocycles. The van der Waals surface area contributed by atoms with Crippen molar-refractivity contribution in [3.8, 4) is 0 Å². The Kier molecular flexibility index (Phi) is 4.28. The molecule has 0 aliphatic rings. The van der Waals surface area contributed by atoms with Gasteiger partial charge in [0.05, 0.1) is 12.1 Å². The molecule has 0 unspecified atom stereocenters. The van der Waals surface area contributed by atoms with Crippen molar-refractivity contribution >= 4 is 11.7 Å². The molecule has 0 aromatic rings. The van der Waals surface area contributed by atoms with Gasteiger partial charge in [0, 0.05) is 0 Å². The third-order valence-electron chi connectivity index (χ3n) is 1.04. The molecule has 10 heavy (non-hydrogen) atoms. The van der Waals surface area contributed by atoms with E-state index < -0.39 is 5.97 Å². The lowest BCUT2D eigenvalue weighted by molar-refractivity contribution is -0.135. The lowest BCUT2D eigenvalue weighted by atomic mass is 10.2. The summed E-state index contributed by atoms with van der Waals surface area (Å²) in [5.74, 6) is -0.957. The maximum Gasteiger partial charge on any atom is 0.309 e. The number of carbonyl (C=O) groups is 1. The molecule has 0 atom stereocenters. The molecule has 0 aliphatic heterocycles. The van der Waals surface area contributed by atoms with Gasteiger partial charge >= 0.3 is 5.97 Å². The summed E-state index contributed by atoms with van der Waals surface area (Å²) < 4.78 is 0. The van der Waals surface area contributed by atoms with Gasteiger partial charge in [-0.25, -0.2) is 0 Å². The van der Waals surface area contributed by atoms with Crippen LogP contribution in [0.4, 0.5) is 0 Å². The topological polar surface area (TPSA) is 69.9 Å². The van der Waals surface area contributed by atoms with Gasteiger partial charge in [-0.1, -0.05) is 18.5 Å². The Morgan fingerprint density at radius 2 is 2.20 bits per heavy atom. The van der Waals surface area contributed by atoms with E-state index in [1.165, 1.54) is 0 Å². The maximum atomic E-state index is 10.1. The van der Waals surface area contributed by atoms with E-state index >= 15 is 0 Å². The standard InChI is InChI=1S/C6H11NO3/c1-2-3-5(7-10)4-6(8)9/h10H,2-4H2,1H3,(H,8,9). The van der Waals surface area contributed by atoms with Crippen molar-refractivity contribution in [1.82, 2.24) is 0 Å². The van der Waals surface area contributed by atoms with E-state index in [1.54, 1.807) is 0 Å². The van der Waals surface area contributed by atoms with Crippen molar-refractivity contribution in [2.45, 2.75) is 26.2 Å². The van der Waals surface area contributed by atoms with Crippen LogP contribution in [0.1, 0.15) is 26.2 Å². The molecule has 0 fully saturated rings. The molecule has 58 valence electrons. The second-order valence-corrected chi connectivity index (χ2v) is 1.99. The number of aliphatic carboxylic acids is 1. The molecule has 4 nitrogen and oxygen atoms in total. The molecule has 0 aromatic carbocycles. The monoisotopic (exact) mass is 145 g/mol. The van der Waals surface area contributed by atoms with Gasteiger partial charge in [0.15, 0.2) is 0 Å². The summed E-state index contributed by atoms with van der Waals surface area (Å²) in [5.41, 5.74) is 0.329. The van der Waals surface area contributed by atoms with E-state index in [0.717, 1.165) is 6.42 Å². The fourth-order valence-electron chi connectivity index (χ4n) is 0.637. The summed E-state index contributed by atoms with van der Waals surface area (Å²) in [6.07, 6.45) is 1.18. The number of hydrogen-bond acceptors (Lipinski definition) is 3. The maximum absolute atomic E-state index is 10.1. The largest absolute Gasteiger partial charge is 0.481 e. The van der Waals surface area contributed by atoms with Gasteiger partial charge in [-0.2, -0.15) is 0 Å². The predicted octanol–water partition coefficient (Wildman–Crippen LogP) is 1.09. The molecule has 0 saturated heterocycles. The van der Waals surface area contributed by atoms with Crippen LogP contribution in [0, 0.1) is 0 Å². The zero-order valence-electron chi connectivity index (χ0n) is 5.87. The Labute approximate surface area is 59.2 Å². The van der Waals surface area contributed by atoms with Gasteiger partial charge in [0.1, 0.15) is 0 Å². The van der Waals surface area contributed by atoms with Crippen LogP contribution in [0.2, 0.25) is 0 Å². The van der Waals surface area contributed by atoms with Crippen LogP contribution in [0.5, 0.6) is 0 Å². The fourth-order valence-corrected chi connectivity index (χ4v) is 0.637. The molecule has 4 heteroatoms. The SMILES string of the molecule is CCCC(CC(=O)O)=NO. The first-order chi connectivity index (χ1) is 4.70.